The van der Waals surface area contributed by atoms with Crippen LogP contribution < -0.4 is 5.32 Å². The van der Waals surface area contributed by atoms with E-state index in [1.807, 2.05) is 72.2 Å². The monoisotopic (exact) mass is 374 g/mol. The molecule has 0 aliphatic carbocycles. The van der Waals surface area contributed by atoms with Gasteiger partial charge in [-0.15, -0.1) is 0 Å². The summed E-state index contributed by atoms with van der Waals surface area (Å²) < 4.78 is 1.91. The van der Waals surface area contributed by atoms with Crippen LogP contribution in [-0.2, 0) is 11.3 Å². The number of aromatic nitrogens is 1. The third-order valence-corrected chi connectivity index (χ3v) is 4.98. The maximum atomic E-state index is 12.7. The van der Waals surface area contributed by atoms with Crippen LogP contribution in [0.5, 0.6) is 0 Å². The summed E-state index contributed by atoms with van der Waals surface area (Å²) in [7, 11) is 0. The minimum atomic E-state index is -0.122. The Bertz CT molecular complexity index is 983. The summed E-state index contributed by atoms with van der Waals surface area (Å²) in [5.41, 5.74) is 5.30. The molecule has 1 heterocycles. The first-order valence-corrected chi connectivity index (χ1v) is 9.53. The number of carbonyl (C=O) groups is 2. The predicted octanol–water partition coefficient (Wildman–Crippen LogP) is 5.43. The Morgan fingerprint density at radius 2 is 1.64 bits per heavy atom. The van der Waals surface area contributed by atoms with Crippen molar-refractivity contribution in [1.29, 1.82) is 0 Å². The first-order valence-electron chi connectivity index (χ1n) is 9.53. The van der Waals surface area contributed by atoms with E-state index in [1.165, 1.54) is 5.56 Å². The lowest BCUT2D eigenvalue weighted by atomic mass is 10.0. The molecule has 4 nitrogen and oxygen atoms in total. The number of anilines is 1. The number of ketones is 1. The number of hydrogen-bond donors (Lipinski definition) is 1. The van der Waals surface area contributed by atoms with E-state index < -0.39 is 0 Å². The van der Waals surface area contributed by atoms with Crippen LogP contribution in [0.25, 0.3) is 11.3 Å². The Labute approximate surface area is 166 Å². The maximum absolute atomic E-state index is 12.7. The van der Waals surface area contributed by atoms with E-state index in [1.54, 1.807) is 6.92 Å². The Morgan fingerprint density at radius 1 is 1.00 bits per heavy atom. The lowest BCUT2D eigenvalue weighted by molar-refractivity contribution is -0.116. The van der Waals surface area contributed by atoms with Crippen molar-refractivity contribution in [1.82, 2.24) is 4.57 Å². The smallest absolute Gasteiger partial charge is 0.244 e. The van der Waals surface area contributed by atoms with Crippen molar-refractivity contribution in [3.8, 4) is 11.3 Å². The predicted molar refractivity (Wildman–Crippen MR) is 114 cm³/mol. The van der Waals surface area contributed by atoms with Gasteiger partial charge in [0.15, 0.2) is 5.78 Å². The Morgan fingerprint density at radius 3 is 2.21 bits per heavy atom. The van der Waals surface area contributed by atoms with Gasteiger partial charge in [0.2, 0.25) is 5.91 Å². The molecule has 4 heteroatoms. The lowest BCUT2D eigenvalue weighted by Crippen LogP contribution is -2.20. The van der Waals surface area contributed by atoms with E-state index in [9.17, 15) is 9.59 Å². The second-order valence-corrected chi connectivity index (χ2v) is 7.36. The Hall–Kier alpha value is -3.14. The van der Waals surface area contributed by atoms with Gasteiger partial charge in [-0.25, -0.2) is 0 Å². The topological polar surface area (TPSA) is 51.1 Å². The van der Waals surface area contributed by atoms with Gasteiger partial charge >= 0.3 is 0 Å². The normalized spacial score (nSPS) is 10.9. The molecule has 144 valence electrons. The zero-order valence-electron chi connectivity index (χ0n) is 16.8. The van der Waals surface area contributed by atoms with E-state index in [0.29, 0.717) is 11.5 Å². The summed E-state index contributed by atoms with van der Waals surface area (Å²) in [5, 5.41) is 2.96. The average Bonchev–Trinajstić information content (AvgIpc) is 2.99. The molecule has 0 bridgehead atoms. The van der Waals surface area contributed by atoms with E-state index in [2.05, 4.69) is 19.2 Å². The van der Waals surface area contributed by atoms with Crippen LogP contribution in [0.2, 0.25) is 0 Å². The summed E-state index contributed by atoms with van der Waals surface area (Å²) >= 11 is 0. The van der Waals surface area contributed by atoms with E-state index in [0.717, 1.165) is 22.6 Å². The van der Waals surface area contributed by atoms with Crippen LogP contribution in [0.15, 0.2) is 60.7 Å². The highest BCUT2D eigenvalue weighted by atomic mass is 16.2. The van der Waals surface area contributed by atoms with Crippen LogP contribution in [0.1, 0.15) is 48.3 Å². The van der Waals surface area contributed by atoms with Gasteiger partial charge in [-0.1, -0.05) is 56.3 Å². The van der Waals surface area contributed by atoms with Gasteiger partial charge in [0.1, 0.15) is 6.54 Å². The van der Waals surface area contributed by atoms with Gasteiger partial charge in [0.25, 0.3) is 0 Å². The maximum Gasteiger partial charge on any atom is 0.244 e. The Balaban J connectivity index is 1.86. The quantitative estimate of drug-likeness (QED) is 0.585. The number of hydrogen-bond acceptors (Lipinski definition) is 2. The Kier molecular flexibility index (Phi) is 5.78. The van der Waals surface area contributed by atoms with Gasteiger partial charge in [0.05, 0.1) is 0 Å². The molecular weight excluding hydrogens is 348 g/mol. The van der Waals surface area contributed by atoms with Crippen LogP contribution in [0.3, 0.4) is 0 Å². The van der Waals surface area contributed by atoms with Crippen molar-refractivity contribution in [2.75, 3.05) is 5.32 Å². The van der Waals surface area contributed by atoms with Gasteiger partial charge in [-0.05, 0) is 49.1 Å². The number of amides is 1. The summed E-state index contributed by atoms with van der Waals surface area (Å²) in [4.78, 5) is 24.7. The van der Waals surface area contributed by atoms with Crippen molar-refractivity contribution in [2.24, 2.45) is 0 Å². The van der Waals surface area contributed by atoms with E-state index in [4.69, 9.17) is 0 Å². The summed E-state index contributed by atoms with van der Waals surface area (Å²) in [6.45, 7) is 7.86. The molecule has 1 N–H and O–H groups in total. The highest BCUT2D eigenvalue weighted by molar-refractivity contribution is 5.97. The van der Waals surface area contributed by atoms with E-state index >= 15 is 0 Å². The minimum Gasteiger partial charge on any atom is -0.335 e. The summed E-state index contributed by atoms with van der Waals surface area (Å²) in [6.07, 6.45) is 0. The molecule has 3 rings (SSSR count). The first-order chi connectivity index (χ1) is 13.4. The molecule has 0 unspecified atom stereocenters. The number of nitrogens with zero attached hydrogens (tertiary/aromatic N) is 1. The lowest BCUT2D eigenvalue weighted by Gasteiger charge is -2.13. The van der Waals surface area contributed by atoms with Crippen molar-refractivity contribution in [3.63, 3.8) is 0 Å². The van der Waals surface area contributed by atoms with Crippen LogP contribution >= 0.6 is 0 Å². The molecule has 1 amide bonds. The SMILES string of the molecule is CC(=O)c1cc(-c2ccccc2)n(CC(=O)Nc2ccc(C(C)C)cc2)c1C. The number of Topliss-reactive ketones (excluding diaryl/α,β-unsaturated/α-hetero) is 1. The number of nitrogens with one attached hydrogen (secondary N) is 1. The largest absolute Gasteiger partial charge is 0.335 e. The molecule has 0 saturated heterocycles. The third-order valence-electron chi connectivity index (χ3n) is 4.98. The number of rotatable bonds is 6. The van der Waals surface area contributed by atoms with Crippen LogP contribution in [0.4, 0.5) is 5.69 Å². The molecule has 0 fully saturated rings. The molecule has 0 aliphatic rings. The zero-order chi connectivity index (χ0) is 20.3. The minimum absolute atomic E-state index is 0.00175. The summed E-state index contributed by atoms with van der Waals surface area (Å²) in [5.74, 6) is 0.326. The molecule has 3 aromatic rings. The molecule has 0 spiro atoms. The van der Waals surface area contributed by atoms with Crippen LogP contribution in [-0.4, -0.2) is 16.3 Å². The fourth-order valence-corrected chi connectivity index (χ4v) is 3.35. The number of benzene rings is 2. The molecule has 2 aromatic carbocycles. The van der Waals surface area contributed by atoms with E-state index in [-0.39, 0.29) is 18.2 Å². The van der Waals surface area contributed by atoms with Crippen molar-refractivity contribution >= 4 is 17.4 Å². The number of carbonyl (C=O) groups excluding carboxylic acids is 2. The molecule has 0 aliphatic heterocycles. The highest BCUT2D eigenvalue weighted by Gasteiger charge is 2.18. The summed E-state index contributed by atoms with van der Waals surface area (Å²) in [6, 6.07) is 19.6. The van der Waals surface area contributed by atoms with Gasteiger partial charge in [0, 0.05) is 22.6 Å². The third kappa shape index (κ3) is 4.22. The molecule has 28 heavy (non-hydrogen) atoms. The van der Waals surface area contributed by atoms with Gasteiger partial charge in [-0.2, -0.15) is 0 Å². The molecule has 0 atom stereocenters. The van der Waals surface area contributed by atoms with Crippen molar-refractivity contribution in [2.45, 2.75) is 40.2 Å². The fourth-order valence-electron chi connectivity index (χ4n) is 3.35. The standard InChI is InChI=1S/C24H26N2O2/c1-16(2)19-10-12-21(13-11-19)25-24(28)15-26-17(3)22(18(4)27)14-23(26)20-8-6-5-7-9-20/h5-14,16H,15H2,1-4H3,(H,25,28). The fraction of sp³-hybridized carbons (Fsp3) is 0.250. The van der Waals surface area contributed by atoms with Crippen LogP contribution in [0, 0.1) is 6.92 Å². The van der Waals surface area contributed by atoms with Crippen molar-refractivity contribution < 1.29 is 9.59 Å². The second kappa shape index (κ2) is 8.26. The van der Waals surface area contributed by atoms with Crippen molar-refractivity contribution in [3.05, 3.63) is 77.5 Å². The van der Waals surface area contributed by atoms with Gasteiger partial charge < -0.3 is 9.88 Å². The average molecular weight is 374 g/mol. The van der Waals surface area contributed by atoms with Gasteiger partial charge in [-0.3, -0.25) is 9.59 Å². The molecule has 0 radical (unpaired) electrons. The zero-order valence-corrected chi connectivity index (χ0v) is 16.8. The highest BCUT2D eigenvalue weighted by Crippen LogP contribution is 2.26. The first kappa shape index (κ1) is 19.6. The molecule has 0 saturated carbocycles. The second-order valence-electron chi connectivity index (χ2n) is 7.36. The molecular formula is C24H26N2O2. The molecule has 1 aromatic heterocycles.